The summed E-state index contributed by atoms with van der Waals surface area (Å²) in [5, 5.41) is 1.70. The summed E-state index contributed by atoms with van der Waals surface area (Å²) in [6.45, 7) is 4.56. The lowest BCUT2D eigenvalue weighted by Gasteiger charge is -2.17. The second-order valence-electron chi connectivity index (χ2n) is 4.53. The number of hydrogen-bond acceptors (Lipinski definition) is 5. The van der Waals surface area contributed by atoms with Crippen LogP contribution >= 0.6 is 0 Å². The molecule has 0 aliphatic carbocycles. The summed E-state index contributed by atoms with van der Waals surface area (Å²) in [6.07, 6.45) is 0. The summed E-state index contributed by atoms with van der Waals surface area (Å²) in [6, 6.07) is 9.49. The molecule has 5 nitrogen and oxygen atoms in total. The van der Waals surface area contributed by atoms with Crippen LogP contribution in [0.5, 0.6) is 17.2 Å². The number of fused-ring (bicyclic) bond motifs is 1. The Morgan fingerprint density at radius 2 is 1.77 bits per heavy atom. The predicted octanol–water partition coefficient (Wildman–Crippen LogP) is 3.19. The number of carbonyl (C=O) groups is 1. The van der Waals surface area contributed by atoms with Crippen LogP contribution in [0.1, 0.15) is 13.8 Å². The van der Waals surface area contributed by atoms with Gasteiger partial charge in [-0.25, -0.2) is 4.79 Å². The quantitative estimate of drug-likeness (QED) is 0.581. The monoisotopic (exact) mass is 304 g/mol. The fourth-order valence-electron chi connectivity index (χ4n) is 2.18. The molecule has 0 saturated heterocycles. The maximum atomic E-state index is 11.8. The van der Waals surface area contributed by atoms with Gasteiger partial charge in [0.25, 0.3) is 0 Å². The van der Waals surface area contributed by atoms with Crippen molar-refractivity contribution in [1.29, 1.82) is 0 Å². The third kappa shape index (κ3) is 3.49. The normalized spacial score (nSPS) is 10.5. The predicted molar refractivity (Wildman–Crippen MR) is 83.8 cm³/mol. The van der Waals surface area contributed by atoms with Gasteiger partial charge in [-0.05, 0) is 25.3 Å². The van der Waals surface area contributed by atoms with E-state index in [1.165, 1.54) is 7.11 Å². The molecule has 0 aliphatic rings. The van der Waals surface area contributed by atoms with Crippen LogP contribution in [0.3, 0.4) is 0 Å². The third-order valence-corrected chi connectivity index (χ3v) is 2.99. The van der Waals surface area contributed by atoms with E-state index in [1.807, 2.05) is 44.2 Å². The maximum absolute atomic E-state index is 11.8. The summed E-state index contributed by atoms with van der Waals surface area (Å²) in [5.74, 6) is 0.878. The topological polar surface area (TPSA) is 54.0 Å². The molecule has 0 atom stereocenters. The van der Waals surface area contributed by atoms with Crippen molar-refractivity contribution in [3.05, 3.63) is 30.3 Å². The molecule has 0 unspecified atom stereocenters. The minimum Gasteiger partial charge on any atom is -0.490 e. The average molecular weight is 304 g/mol. The van der Waals surface area contributed by atoms with Gasteiger partial charge in [-0.2, -0.15) is 0 Å². The van der Waals surface area contributed by atoms with Gasteiger partial charge in [-0.3, -0.25) is 0 Å². The fourth-order valence-corrected chi connectivity index (χ4v) is 2.18. The smallest absolute Gasteiger partial charge is 0.337 e. The summed E-state index contributed by atoms with van der Waals surface area (Å²) >= 11 is 0. The molecule has 0 saturated carbocycles. The molecular formula is C17H20O5. The molecule has 2 aromatic carbocycles. The minimum absolute atomic E-state index is 0.126. The average Bonchev–Trinajstić information content (AvgIpc) is 2.51. The number of hydrogen-bond donors (Lipinski definition) is 0. The molecule has 0 N–H and O–H groups in total. The third-order valence-electron chi connectivity index (χ3n) is 2.99. The van der Waals surface area contributed by atoms with Crippen molar-refractivity contribution in [1.82, 2.24) is 0 Å². The Kier molecular flexibility index (Phi) is 5.61. The molecule has 118 valence electrons. The zero-order valence-corrected chi connectivity index (χ0v) is 13.0. The van der Waals surface area contributed by atoms with Crippen LogP contribution in [-0.2, 0) is 9.53 Å². The lowest BCUT2D eigenvalue weighted by Crippen LogP contribution is -2.15. The minimum atomic E-state index is -0.484. The van der Waals surface area contributed by atoms with Gasteiger partial charge in [0.1, 0.15) is 6.61 Å². The molecular weight excluding hydrogens is 284 g/mol. The van der Waals surface area contributed by atoms with Crippen LogP contribution in [-0.4, -0.2) is 32.9 Å². The molecule has 5 heteroatoms. The number of esters is 1. The van der Waals surface area contributed by atoms with Crippen LogP contribution in [0.4, 0.5) is 0 Å². The molecule has 0 fully saturated rings. The molecule has 0 aromatic heterocycles. The number of benzene rings is 2. The number of carbonyl (C=O) groups excluding carboxylic acids is 1. The highest BCUT2D eigenvalue weighted by Gasteiger charge is 2.19. The van der Waals surface area contributed by atoms with Crippen molar-refractivity contribution in [3.8, 4) is 17.2 Å². The molecule has 22 heavy (non-hydrogen) atoms. The Balaban J connectivity index is 2.59. The van der Waals surface area contributed by atoms with Gasteiger partial charge < -0.3 is 18.9 Å². The molecule has 0 bridgehead atoms. The van der Waals surface area contributed by atoms with Gasteiger partial charge in [-0.1, -0.05) is 24.3 Å². The Morgan fingerprint density at radius 3 is 2.45 bits per heavy atom. The van der Waals surface area contributed by atoms with E-state index in [4.69, 9.17) is 18.9 Å². The van der Waals surface area contributed by atoms with Gasteiger partial charge in [0.15, 0.2) is 11.5 Å². The van der Waals surface area contributed by atoms with E-state index in [2.05, 4.69) is 0 Å². The Labute approximate surface area is 129 Å². The molecule has 0 radical (unpaired) electrons. The number of rotatable bonds is 7. The Bertz CT molecular complexity index is 651. The molecule has 0 heterocycles. The van der Waals surface area contributed by atoms with E-state index in [1.54, 1.807) is 0 Å². The second kappa shape index (κ2) is 7.66. The largest absolute Gasteiger partial charge is 0.490 e. The van der Waals surface area contributed by atoms with Crippen LogP contribution in [0.25, 0.3) is 10.8 Å². The van der Waals surface area contributed by atoms with Gasteiger partial charge in [0, 0.05) is 12.5 Å². The van der Waals surface area contributed by atoms with E-state index < -0.39 is 5.97 Å². The van der Waals surface area contributed by atoms with Crippen molar-refractivity contribution in [2.75, 3.05) is 26.9 Å². The van der Waals surface area contributed by atoms with Crippen LogP contribution < -0.4 is 14.2 Å². The maximum Gasteiger partial charge on any atom is 0.337 e. The van der Waals surface area contributed by atoms with Gasteiger partial charge >= 0.3 is 5.97 Å². The van der Waals surface area contributed by atoms with Crippen LogP contribution in [0.2, 0.25) is 0 Å². The number of methoxy groups -OCH3 is 1. The zero-order chi connectivity index (χ0) is 15.9. The summed E-state index contributed by atoms with van der Waals surface area (Å²) in [5.41, 5.74) is 0. The van der Waals surface area contributed by atoms with Gasteiger partial charge in [0.05, 0.1) is 13.2 Å². The molecule has 0 spiro atoms. The van der Waals surface area contributed by atoms with E-state index in [0.717, 1.165) is 10.8 Å². The first-order valence-corrected chi connectivity index (χ1v) is 7.22. The van der Waals surface area contributed by atoms with Gasteiger partial charge in [0.2, 0.25) is 5.75 Å². The molecule has 2 rings (SSSR count). The summed E-state index contributed by atoms with van der Waals surface area (Å²) in [4.78, 5) is 11.8. The lowest BCUT2D eigenvalue weighted by molar-refractivity contribution is -0.138. The number of ether oxygens (including phenoxy) is 4. The zero-order valence-electron chi connectivity index (χ0n) is 13.0. The van der Waals surface area contributed by atoms with Crippen molar-refractivity contribution < 1.29 is 23.7 Å². The van der Waals surface area contributed by atoms with E-state index in [9.17, 15) is 4.79 Å². The molecule has 0 aliphatic heterocycles. The summed E-state index contributed by atoms with van der Waals surface area (Å²) in [7, 11) is 1.44. The first-order valence-electron chi connectivity index (χ1n) is 7.22. The van der Waals surface area contributed by atoms with E-state index >= 15 is 0 Å². The van der Waals surface area contributed by atoms with Gasteiger partial charge in [-0.15, -0.1) is 0 Å². The van der Waals surface area contributed by atoms with Crippen molar-refractivity contribution in [2.24, 2.45) is 0 Å². The highest BCUT2D eigenvalue weighted by Crippen LogP contribution is 2.43. The van der Waals surface area contributed by atoms with Crippen molar-refractivity contribution in [2.45, 2.75) is 13.8 Å². The van der Waals surface area contributed by atoms with E-state index in [-0.39, 0.29) is 6.61 Å². The Morgan fingerprint density at radius 1 is 1.05 bits per heavy atom. The standard InChI is InChI=1S/C17H20O5/c1-4-20-14-10-12-8-6-7-9-13(12)16(17(14)21-5-2)22-15(18)11-19-3/h6-10H,4-5,11H2,1-3H3. The summed E-state index contributed by atoms with van der Waals surface area (Å²) < 4.78 is 21.6. The highest BCUT2D eigenvalue weighted by molar-refractivity contribution is 5.95. The fraction of sp³-hybridized carbons (Fsp3) is 0.353. The lowest BCUT2D eigenvalue weighted by atomic mass is 10.1. The highest BCUT2D eigenvalue weighted by atomic mass is 16.6. The first-order chi connectivity index (χ1) is 10.7. The van der Waals surface area contributed by atoms with Crippen LogP contribution in [0.15, 0.2) is 30.3 Å². The Hall–Kier alpha value is -2.27. The van der Waals surface area contributed by atoms with Crippen molar-refractivity contribution >= 4 is 16.7 Å². The van der Waals surface area contributed by atoms with Crippen LogP contribution in [0, 0.1) is 0 Å². The molecule has 0 amide bonds. The first kappa shape index (κ1) is 16.1. The molecule has 2 aromatic rings. The SMILES string of the molecule is CCOc1cc2ccccc2c(OC(=O)COC)c1OCC. The van der Waals surface area contributed by atoms with Crippen molar-refractivity contribution in [3.63, 3.8) is 0 Å². The van der Waals surface area contributed by atoms with E-state index in [0.29, 0.717) is 30.5 Å². The second-order valence-corrected chi connectivity index (χ2v) is 4.53.